The second-order valence-corrected chi connectivity index (χ2v) is 8.52. The minimum atomic E-state index is -0.396. The van der Waals surface area contributed by atoms with Crippen molar-refractivity contribution in [2.45, 2.75) is 58.8 Å². The van der Waals surface area contributed by atoms with E-state index in [1.807, 2.05) is 0 Å². The van der Waals surface area contributed by atoms with Crippen molar-refractivity contribution in [3.63, 3.8) is 0 Å². The van der Waals surface area contributed by atoms with Crippen molar-refractivity contribution in [2.24, 2.45) is 22.7 Å². The second kappa shape index (κ2) is 6.62. The molecule has 1 heterocycles. The molecule has 1 aliphatic heterocycles. The molecule has 0 radical (unpaired) electrons. The Morgan fingerprint density at radius 1 is 1.40 bits per heavy atom. The summed E-state index contributed by atoms with van der Waals surface area (Å²) in [7, 11) is 1.50. The molecule has 0 spiro atoms. The lowest BCUT2D eigenvalue weighted by molar-refractivity contribution is -0.168. The van der Waals surface area contributed by atoms with Crippen LogP contribution in [-0.4, -0.2) is 25.7 Å². The third-order valence-corrected chi connectivity index (χ3v) is 7.15. The topological polar surface area (TPSA) is 52.6 Å². The Morgan fingerprint density at radius 3 is 2.80 bits per heavy atom. The third-order valence-electron chi connectivity index (χ3n) is 7.15. The highest BCUT2D eigenvalue weighted by molar-refractivity contribution is 5.85. The van der Waals surface area contributed by atoms with Gasteiger partial charge >= 0.3 is 11.9 Å². The Morgan fingerprint density at radius 2 is 2.16 bits per heavy atom. The molecule has 0 amide bonds. The van der Waals surface area contributed by atoms with E-state index < -0.39 is 5.41 Å². The van der Waals surface area contributed by atoms with E-state index in [0.29, 0.717) is 18.4 Å². The van der Waals surface area contributed by atoms with Crippen LogP contribution in [0.4, 0.5) is 0 Å². The molecule has 2 aliphatic carbocycles. The smallest absolute Gasteiger partial charge is 0.331 e. The van der Waals surface area contributed by atoms with Crippen LogP contribution >= 0.6 is 0 Å². The van der Waals surface area contributed by atoms with Crippen molar-refractivity contribution in [1.29, 1.82) is 0 Å². The summed E-state index contributed by atoms with van der Waals surface area (Å²) in [4.78, 5) is 23.9. The predicted molar refractivity (Wildman–Crippen MR) is 95.7 cm³/mol. The van der Waals surface area contributed by atoms with Crippen LogP contribution in [0.1, 0.15) is 58.8 Å². The molecule has 2 fully saturated rings. The van der Waals surface area contributed by atoms with Gasteiger partial charge < -0.3 is 9.47 Å². The molecule has 0 aromatic heterocycles. The highest BCUT2D eigenvalue weighted by Gasteiger charge is 2.57. The quantitative estimate of drug-likeness (QED) is 0.565. The fraction of sp³-hybridized carbons (Fsp3) is 0.714. The number of hydrogen-bond donors (Lipinski definition) is 0. The maximum atomic E-state index is 12.6. The zero-order chi connectivity index (χ0) is 18.2. The van der Waals surface area contributed by atoms with Crippen molar-refractivity contribution < 1.29 is 19.1 Å². The molecular formula is C21H30O4. The van der Waals surface area contributed by atoms with E-state index in [0.717, 1.165) is 50.5 Å². The number of rotatable bonds is 4. The highest BCUT2D eigenvalue weighted by atomic mass is 16.5. The number of ether oxygens (including phenoxy) is 2. The normalized spacial score (nSPS) is 38.0. The van der Waals surface area contributed by atoms with E-state index in [2.05, 4.69) is 20.4 Å². The molecule has 4 heteroatoms. The minimum absolute atomic E-state index is 0.0628. The van der Waals surface area contributed by atoms with Gasteiger partial charge in [0.05, 0.1) is 12.5 Å². The number of allylic oxidation sites excluding steroid dienone is 1. The van der Waals surface area contributed by atoms with E-state index in [9.17, 15) is 9.59 Å². The highest BCUT2D eigenvalue weighted by Crippen LogP contribution is 2.62. The summed E-state index contributed by atoms with van der Waals surface area (Å²) in [5, 5.41) is 0. The molecule has 0 saturated heterocycles. The van der Waals surface area contributed by atoms with E-state index in [1.165, 1.54) is 12.7 Å². The Bertz CT molecular complexity index is 619. The Balaban J connectivity index is 1.83. The first kappa shape index (κ1) is 18.2. The van der Waals surface area contributed by atoms with Gasteiger partial charge in [-0.1, -0.05) is 25.5 Å². The van der Waals surface area contributed by atoms with Gasteiger partial charge in [0.1, 0.15) is 6.61 Å². The molecule has 2 saturated carbocycles. The summed E-state index contributed by atoms with van der Waals surface area (Å²) in [5.41, 5.74) is 2.06. The van der Waals surface area contributed by atoms with Gasteiger partial charge in [0.15, 0.2) is 0 Å². The molecular weight excluding hydrogens is 316 g/mol. The first-order valence-corrected chi connectivity index (χ1v) is 9.43. The third kappa shape index (κ3) is 3.04. The summed E-state index contributed by atoms with van der Waals surface area (Å²) in [6.07, 6.45) is 8.55. The van der Waals surface area contributed by atoms with Gasteiger partial charge in [-0.15, -0.1) is 0 Å². The largest absolute Gasteiger partial charge is 0.469 e. The van der Waals surface area contributed by atoms with Gasteiger partial charge in [-0.05, 0) is 68.3 Å². The lowest BCUT2D eigenvalue weighted by Gasteiger charge is -2.57. The number of methoxy groups -OCH3 is 1. The van der Waals surface area contributed by atoms with Gasteiger partial charge in [0, 0.05) is 6.08 Å². The first-order chi connectivity index (χ1) is 11.8. The molecule has 138 valence electrons. The number of carbonyl (C=O) groups excluding carboxylic acids is 2. The molecule has 0 bridgehead atoms. The van der Waals surface area contributed by atoms with Crippen LogP contribution in [0.2, 0.25) is 0 Å². The van der Waals surface area contributed by atoms with E-state index in [4.69, 9.17) is 9.47 Å². The predicted octanol–water partition coefficient (Wildman–Crippen LogP) is 4.20. The number of hydrogen-bond acceptors (Lipinski definition) is 4. The van der Waals surface area contributed by atoms with Crippen LogP contribution < -0.4 is 0 Å². The molecule has 4 nitrogen and oxygen atoms in total. The first-order valence-electron chi connectivity index (χ1n) is 9.43. The Labute approximate surface area is 150 Å². The SMILES string of the molecule is C=C1CC[C@H]2[C@@](C)(CCC[C@@]2(C)C(=O)OC)[C@@H]1CCC1=CC(=O)OC1. The molecule has 3 aliphatic rings. The van der Waals surface area contributed by atoms with Crippen molar-refractivity contribution in [2.75, 3.05) is 13.7 Å². The van der Waals surface area contributed by atoms with Crippen LogP contribution in [0.3, 0.4) is 0 Å². The molecule has 4 atom stereocenters. The van der Waals surface area contributed by atoms with E-state index >= 15 is 0 Å². The van der Waals surface area contributed by atoms with Gasteiger partial charge in [-0.25, -0.2) is 4.79 Å². The molecule has 25 heavy (non-hydrogen) atoms. The number of cyclic esters (lactones) is 1. The average Bonchev–Trinajstić information content (AvgIpc) is 2.98. The number of fused-ring (bicyclic) bond motifs is 1. The molecule has 3 rings (SSSR count). The molecule has 0 N–H and O–H groups in total. The standard InChI is InChI=1S/C21H30O4/c1-14-6-9-17-20(2,10-5-11-21(17,3)19(23)24-4)16(14)8-7-15-12-18(22)25-13-15/h12,16-17H,1,5-11,13H2,2-4H3/t16-,17+,20+,21-/m1/s1. The monoisotopic (exact) mass is 346 g/mol. The van der Waals surface area contributed by atoms with Crippen LogP contribution in [0.15, 0.2) is 23.8 Å². The summed E-state index contributed by atoms with van der Waals surface area (Å²) >= 11 is 0. The summed E-state index contributed by atoms with van der Waals surface area (Å²) in [5.74, 6) is 0.420. The van der Waals surface area contributed by atoms with Crippen molar-refractivity contribution >= 4 is 11.9 Å². The summed E-state index contributed by atoms with van der Waals surface area (Å²) in [6.45, 7) is 9.24. The molecule has 0 aromatic rings. The van der Waals surface area contributed by atoms with E-state index in [1.54, 1.807) is 6.08 Å². The lowest BCUT2D eigenvalue weighted by atomic mass is 9.46. The number of esters is 2. The van der Waals surface area contributed by atoms with Crippen LogP contribution in [0.25, 0.3) is 0 Å². The second-order valence-electron chi connectivity index (χ2n) is 8.52. The maximum Gasteiger partial charge on any atom is 0.331 e. The summed E-state index contributed by atoms with van der Waals surface area (Å²) < 4.78 is 10.2. The number of carbonyl (C=O) groups is 2. The summed E-state index contributed by atoms with van der Waals surface area (Å²) in [6, 6.07) is 0. The fourth-order valence-corrected chi connectivity index (χ4v) is 5.85. The van der Waals surface area contributed by atoms with Gasteiger partial charge in [0.2, 0.25) is 0 Å². The molecule has 0 unspecified atom stereocenters. The fourth-order valence-electron chi connectivity index (χ4n) is 5.85. The zero-order valence-electron chi connectivity index (χ0n) is 15.7. The van der Waals surface area contributed by atoms with Crippen molar-refractivity contribution in [3.05, 3.63) is 23.8 Å². The van der Waals surface area contributed by atoms with Crippen molar-refractivity contribution in [1.82, 2.24) is 0 Å². The van der Waals surface area contributed by atoms with Gasteiger partial charge in [0.25, 0.3) is 0 Å². The van der Waals surface area contributed by atoms with Crippen LogP contribution in [-0.2, 0) is 19.1 Å². The lowest BCUT2D eigenvalue weighted by Crippen LogP contribution is -2.53. The molecule has 0 aromatic carbocycles. The zero-order valence-corrected chi connectivity index (χ0v) is 15.7. The van der Waals surface area contributed by atoms with Crippen molar-refractivity contribution in [3.8, 4) is 0 Å². The Hall–Kier alpha value is -1.58. The van der Waals surface area contributed by atoms with Crippen LogP contribution in [0, 0.1) is 22.7 Å². The average molecular weight is 346 g/mol. The van der Waals surface area contributed by atoms with Gasteiger partial charge in [-0.2, -0.15) is 0 Å². The van der Waals surface area contributed by atoms with E-state index in [-0.39, 0.29) is 17.4 Å². The van der Waals surface area contributed by atoms with Crippen LogP contribution in [0.5, 0.6) is 0 Å². The Kier molecular flexibility index (Phi) is 4.82. The minimum Gasteiger partial charge on any atom is -0.469 e. The maximum absolute atomic E-state index is 12.6. The van der Waals surface area contributed by atoms with Gasteiger partial charge in [-0.3, -0.25) is 4.79 Å².